The molecule has 0 bridgehead atoms. The molecule has 1 unspecified atom stereocenters. The number of hydrogen-bond acceptors (Lipinski definition) is 2. The van der Waals surface area contributed by atoms with Crippen molar-refractivity contribution in [2.24, 2.45) is 0 Å². The normalized spacial score (nSPS) is 13.7. The highest BCUT2D eigenvalue weighted by molar-refractivity contribution is 5.50. The molecule has 1 aromatic rings. The van der Waals surface area contributed by atoms with Gasteiger partial charge in [-0.15, -0.1) is 0 Å². The predicted octanol–water partition coefficient (Wildman–Crippen LogP) is 5.10. The monoisotopic (exact) mass is 308 g/mol. The molecular formula is C21H24O2. The summed E-state index contributed by atoms with van der Waals surface area (Å²) in [4.78, 5) is 0. The topological polar surface area (TPSA) is 18.5 Å². The summed E-state index contributed by atoms with van der Waals surface area (Å²) >= 11 is 0. The van der Waals surface area contributed by atoms with E-state index in [1.54, 1.807) is 26.4 Å². The third kappa shape index (κ3) is 4.21. The Morgan fingerprint density at radius 1 is 0.957 bits per heavy atom. The Bertz CT molecular complexity index is 635. The molecular weight excluding hydrogens is 284 g/mol. The van der Waals surface area contributed by atoms with Gasteiger partial charge in [0.1, 0.15) is 11.4 Å². The van der Waals surface area contributed by atoms with Crippen LogP contribution in [0.1, 0.15) is 5.56 Å². The molecule has 0 spiro atoms. The summed E-state index contributed by atoms with van der Waals surface area (Å²) in [5.41, 5.74) is 1.55. The summed E-state index contributed by atoms with van der Waals surface area (Å²) < 4.78 is 11.0. The molecule has 23 heavy (non-hydrogen) atoms. The minimum absolute atomic E-state index is 0.538. The fourth-order valence-corrected chi connectivity index (χ4v) is 2.31. The molecule has 0 aromatic heterocycles. The van der Waals surface area contributed by atoms with E-state index in [4.69, 9.17) is 9.47 Å². The van der Waals surface area contributed by atoms with Crippen LogP contribution in [0.5, 0.6) is 0 Å². The number of ether oxygens (including phenoxy) is 2. The first kappa shape index (κ1) is 18.5. The molecule has 0 amide bonds. The van der Waals surface area contributed by atoms with Gasteiger partial charge in [0.05, 0.1) is 7.11 Å². The lowest BCUT2D eigenvalue weighted by atomic mass is 9.80. The van der Waals surface area contributed by atoms with Gasteiger partial charge in [0.2, 0.25) is 0 Å². The Labute approximate surface area is 139 Å². The van der Waals surface area contributed by atoms with Crippen LogP contribution in [0.4, 0.5) is 0 Å². The van der Waals surface area contributed by atoms with E-state index in [-0.39, 0.29) is 0 Å². The van der Waals surface area contributed by atoms with Crippen molar-refractivity contribution < 1.29 is 9.47 Å². The van der Waals surface area contributed by atoms with Crippen LogP contribution in [0.25, 0.3) is 0 Å². The summed E-state index contributed by atoms with van der Waals surface area (Å²) in [7, 11) is 3.21. The molecule has 0 N–H and O–H groups in total. The zero-order chi connectivity index (χ0) is 17.3. The minimum Gasteiger partial charge on any atom is -0.497 e. The van der Waals surface area contributed by atoms with Crippen molar-refractivity contribution in [1.29, 1.82) is 0 Å². The zero-order valence-electron chi connectivity index (χ0n) is 13.9. The van der Waals surface area contributed by atoms with Gasteiger partial charge in [0.25, 0.3) is 0 Å². The van der Waals surface area contributed by atoms with E-state index in [2.05, 4.69) is 26.3 Å². The van der Waals surface area contributed by atoms with E-state index in [9.17, 15) is 0 Å². The van der Waals surface area contributed by atoms with Crippen molar-refractivity contribution in [3.63, 3.8) is 0 Å². The van der Waals surface area contributed by atoms with Crippen molar-refractivity contribution in [3.05, 3.63) is 109 Å². The third-order valence-corrected chi connectivity index (χ3v) is 3.56. The Hall–Kier alpha value is -2.58. The third-order valence-electron chi connectivity index (χ3n) is 3.56. The van der Waals surface area contributed by atoms with Gasteiger partial charge in [-0.2, -0.15) is 0 Å². The van der Waals surface area contributed by atoms with Gasteiger partial charge in [0.15, 0.2) is 0 Å². The summed E-state index contributed by atoms with van der Waals surface area (Å²) in [6.07, 6.45) is 8.97. The van der Waals surface area contributed by atoms with E-state index >= 15 is 0 Å². The van der Waals surface area contributed by atoms with E-state index in [1.165, 1.54) is 0 Å². The molecule has 0 radical (unpaired) electrons. The van der Waals surface area contributed by atoms with Gasteiger partial charge in [-0.25, -0.2) is 0 Å². The fraction of sp³-hybridized carbons (Fsp3) is 0.143. The van der Waals surface area contributed by atoms with E-state index in [1.807, 2.05) is 48.6 Å². The van der Waals surface area contributed by atoms with Crippen molar-refractivity contribution in [3.8, 4) is 0 Å². The maximum Gasteiger partial charge on any atom is 0.142 e. The highest BCUT2D eigenvalue weighted by Gasteiger charge is 2.36. The molecule has 0 saturated heterocycles. The Kier molecular flexibility index (Phi) is 7.04. The van der Waals surface area contributed by atoms with Gasteiger partial charge in [-0.1, -0.05) is 81.0 Å². The van der Waals surface area contributed by atoms with Crippen LogP contribution in [0.2, 0.25) is 0 Å². The molecule has 0 aliphatic heterocycles. The van der Waals surface area contributed by atoms with Crippen LogP contribution in [-0.4, -0.2) is 14.2 Å². The number of allylic oxidation sites excluding steroid dienone is 3. The molecule has 2 heteroatoms. The second-order valence-corrected chi connectivity index (χ2v) is 4.90. The van der Waals surface area contributed by atoms with Gasteiger partial charge < -0.3 is 9.47 Å². The summed E-state index contributed by atoms with van der Waals surface area (Å²) in [6.45, 7) is 15.8. The van der Waals surface area contributed by atoms with E-state index < -0.39 is 5.60 Å². The highest BCUT2D eigenvalue weighted by Crippen LogP contribution is 2.40. The molecule has 2 nitrogen and oxygen atoms in total. The first-order chi connectivity index (χ1) is 11.0. The van der Waals surface area contributed by atoms with Gasteiger partial charge in [0, 0.05) is 7.11 Å². The molecule has 0 aliphatic rings. The standard InChI is InChI=1S/C21H24O2/c1-7-8-12-17(2)21(23-6,20-13-10-9-11-14-20)18(3)15-16-19(4)22-5/h7-16H,1-4H2,5-6H3/b12-8-,16-15-. The van der Waals surface area contributed by atoms with Gasteiger partial charge in [-0.3, -0.25) is 0 Å². The second kappa shape index (κ2) is 8.76. The average Bonchev–Trinajstić information content (AvgIpc) is 2.59. The minimum atomic E-state index is -0.870. The largest absolute Gasteiger partial charge is 0.497 e. The Morgan fingerprint density at radius 3 is 2.09 bits per heavy atom. The molecule has 0 aliphatic carbocycles. The van der Waals surface area contributed by atoms with Crippen molar-refractivity contribution in [2.45, 2.75) is 5.60 Å². The average molecular weight is 308 g/mol. The van der Waals surface area contributed by atoms with Gasteiger partial charge >= 0.3 is 0 Å². The summed E-state index contributed by atoms with van der Waals surface area (Å²) in [6, 6.07) is 9.84. The number of benzene rings is 1. The van der Waals surface area contributed by atoms with Crippen molar-refractivity contribution >= 4 is 0 Å². The SMILES string of the molecule is C=C/C=C\C(=C)C(OC)(C(=C)/C=C\C(=C)OC)c1ccccc1. The molecule has 1 atom stereocenters. The van der Waals surface area contributed by atoms with Crippen molar-refractivity contribution in [2.75, 3.05) is 14.2 Å². The van der Waals surface area contributed by atoms with E-state index in [0.29, 0.717) is 5.76 Å². The van der Waals surface area contributed by atoms with Crippen LogP contribution in [0, 0.1) is 0 Å². The molecule has 1 aromatic carbocycles. The predicted molar refractivity (Wildman–Crippen MR) is 98.0 cm³/mol. The van der Waals surface area contributed by atoms with Crippen LogP contribution in [0.3, 0.4) is 0 Å². The molecule has 0 saturated carbocycles. The molecule has 0 fully saturated rings. The Balaban J connectivity index is 3.40. The fourth-order valence-electron chi connectivity index (χ4n) is 2.31. The zero-order valence-corrected chi connectivity index (χ0v) is 13.9. The first-order valence-electron chi connectivity index (χ1n) is 7.22. The van der Waals surface area contributed by atoms with Crippen molar-refractivity contribution in [1.82, 2.24) is 0 Å². The maximum atomic E-state index is 5.90. The quantitative estimate of drug-likeness (QED) is 0.467. The molecule has 0 heterocycles. The number of methoxy groups -OCH3 is 2. The van der Waals surface area contributed by atoms with Crippen LogP contribution in [0.15, 0.2) is 104 Å². The summed E-state index contributed by atoms with van der Waals surface area (Å²) in [5, 5.41) is 0. The lowest BCUT2D eigenvalue weighted by Crippen LogP contribution is -2.31. The number of hydrogen-bond donors (Lipinski definition) is 0. The van der Waals surface area contributed by atoms with Crippen LogP contribution < -0.4 is 0 Å². The van der Waals surface area contributed by atoms with Crippen LogP contribution >= 0.6 is 0 Å². The van der Waals surface area contributed by atoms with E-state index in [0.717, 1.165) is 16.7 Å². The Morgan fingerprint density at radius 2 is 1.57 bits per heavy atom. The molecule has 120 valence electrons. The lowest BCUT2D eigenvalue weighted by Gasteiger charge is -2.35. The van der Waals surface area contributed by atoms with Gasteiger partial charge in [-0.05, 0) is 22.8 Å². The smallest absolute Gasteiger partial charge is 0.142 e. The lowest BCUT2D eigenvalue weighted by molar-refractivity contribution is 0.0580. The summed E-state index contributed by atoms with van der Waals surface area (Å²) in [5.74, 6) is 0.538. The van der Waals surface area contributed by atoms with Crippen LogP contribution in [-0.2, 0) is 15.1 Å². The maximum absolute atomic E-state index is 5.90. The number of rotatable bonds is 9. The first-order valence-corrected chi connectivity index (χ1v) is 7.22. The highest BCUT2D eigenvalue weighted by atomic mass is 16.5. The molecule has 1 rings (SSSR count). The second-order valence-electron chi connectivity index (χ2n) is 4.90.